The molecule has 1 aromatic rings. The minimum atomic E-state index is -0.514. The molecule has 76 valence electrons. The van der Waals surface area contributed by atoms with Crippen LogP contribution in [-0.4, -0.2) is 23.3 Å². The number of hydrogen-bond acceptors (Lipinski definition) is 2. The Labute approximate surface area is 85.0 Å². The summed E-state index contributed by atoms with van der Waals surface area (Å²) in [7, 11) is 0. The van der Waals surface area contributed by atoms with Gasteiger partial charge in [-0.25, -0.2) is 0 Å². The molecule has 2 unspecified atom stereocenters. The van der Waals surface area contributed by atoms with Crippen molar-refractivity contribution < 1.29 is 5.11 Å². The van der Waals surface area contributed by atoms with Crippen LogP contribution in [0.5, 0.6) is 0 Å². The third-order valence-electron chi connectivity index (χ3n) is 2.78. The van der Waals surface area contributed by atoms with Crippen LogP contribution in [0.3, 0.4) is 0 Å². The third kappa shape index (κ3) is 2.34. The maximum absolute atomic E-state index is 9.78. The molecule has 2 rings (SSSR count). The Kier molecular flexibility index (Phi) is 2.57. The molecule has 1 fully saturated rings. The summed E-state index contributed by atoms with van der Waals surface area (Å²) in [6, 6.07) is 10.8. The van der Waals surface area contributed by atoms with Crippen molar-refractivity contribution in [2.45, 2.75) is 31.4 Å². The molecule has 1 saturated heterocycles. The molecule has 1 aliphatic rings. The molecule has 0 bridgehead atoms. The van der Waals surface area contributed by atoms with Crippen LogP contribution in [0.1, 0.15) is 18.9 Å². The van der Waals surface area contributed by atoms with Crippen molar-refractivity contribution in [3.8, 4) is 0 Å². The molecule has 2 atom stereocenters. The van der Waals surface area contributed by atoms with Gasteiger partial charge in [-0.3, -0.25) is 0 Å². The number of aliphatic hydroxyl groups is 1. The maximum Gasteiger partial charge on any atom is 0.0758 e. The van der Waals surface area contributed by atoms with Crippen molar-refractivity contribution in [2.75, 3.05) is 6.54 Å². The highest BCUT2D eigenvalue weighted by atomic mass is 16.3. The zero-order valence-electron chi connectivity index (χ0n) is 8.53. The first-order valence-corrected chi connectivity index (χ1v) is 5.15. The van der Waals surface area contributed by atoms with Gasteiger partial charge < -0.3 is 10.4 Å². The minimum Gasteiger partial charge on any atom is -0.389 e. The molecule has 0 spiro atoms. The van der Waals surface area contributed by atoms with Gasteiger partial charge in [0.2, 0.25) is 0 Å². The van der Waals surface area contributed by atoms with Gasteiger partial charge in [0.25, 0.3) is 0 Å². The fourth-order valence-corrected chi connectivity index (χ4v) is 2.08. The van der Waals surface area contributed by atoms with Crippen LogP contribution in [-0.2, 0) is 6.42 Å². The van der Waals surface area contributed by atoms with E-state index in [1.54, 1.807) is 0 Å². The first-order chi connectivity index (χ1) is 6.66. The Morgan fingerprint density at radius 3 is 2.71 bits per heavy atom. The van der Waals surface area contributed by atoms with Gasteiger partial charge >= 0.3 is 0 Å². The average molecular weight is 191 g/mol. The summed E-state index contributed by atoms with van der Waals surface area (Å²) >= 11 is 0. The van der Waals surface area contributed by atoms with Crippen molar-refractivity contribution in [3.63, 3.8) is 0 Å². The number of β-amino-alcohol motifs (C(OH)–C–C–N with tert-alkyl or cyclic N) is 1. The van der Waals surface area contributed by atoms with E-state index in [-0.39, 0.29) is 0 Å². The lowest BCUT2D eigenvalue weighted by Crippen LogP contribution is -2.26. The highest BCUT2D eigenvalue weighted by molar-refractivity contribution is 5.16. The van der Waals surface area contributed by atoms with Crippen LogP contribution < -0.4 is 5.32 Å². The quantitative estimate of drug-likeness (QED) is 0.739. The van der Waals surface area contributed by atoms with Crippen molar-refractivity contribution in [1.29, 1.82) is 0 Å². The predicted molar refractivity (Wildman–Crippen MR) is 57.2 cm³/mol. The van der Waals surface area contributed by atoms with Gasteiger partial charge in [-0.15, -0.1) is 0 Å². The zero-order valence-corrected chi connectivity index (χ0v) is 8.53. The van der Waals surface area contributed by atoms with Gasteiger partial charge in [0.15, 0.2) is 0 Å². The molecule has 0 saturated carbocycles. The van der Waals surface area contributed by atoms with E-state index in [2.05, 4.69) is 29.6 Å². The number of rotatable bonds is 2. The highest BCUT2D eigenvalue weighted by Crippen LogP contribution is 2.20. The summed E-state index contributed by atoms with van der Waals surface area (Å²) < 4.78 is 0. The van der Waals surface area contributed by atoms with Gasteiger partial charge in [0.1, 0.15) is 0 Å². The second-order valence-corrected chi connectivity index (χ2v) is 4.47. The third-order valence-corrected chi connectivity index (χ3v) is 2.78. The van der Waals surface area contributed by atoms with Crippen molar-refractivity contribution in [2.24, 2.45) is 0 Å². The number of nitrogens with one attached hydrogen (secondary N) is 1. The van der Waals surface area contributed by atoms with E-state index in [1.807, 2.05) is 13.0 Å². The Hall–Kier alpha value is -0.860. The largest absolute Gasteiger partial charge is 0.389 e. The lowest BCUT2D eigenvalue weighted by atomic mass is 9.98. The molecule has 1 aromatic carbocycles. The minimum absolute atomic E-state index is 0.424. The zero-order chi connectivity index (χ0) is 10.0. The van der Waals surface area contributed by atoms with Gasteiger partial charge in [-0.1, -0.05) is 30.3 Å². The highest BCUT2D eigenvalue weighted by Gasteiger charge is 2.32. The van der Waals surface area contributed by atoms with E-state index < -0.39 is 5.60 Å². The topological polar surface area (TPSA) is 32.3 Å². The Morgan fingerprint density at radius 1 is 1.43 bits per heavy atom. The number of hydrogen-bond donors (Lipinski definition) is 2. The molecule has 1 heterocycles. The average Bonchev–Trinajstić information content (AvgIpc) is 2.47. The number of benzene rings is 1. The van der Waals surface area contributed by atoms with Crippen LogP contribution in [0.25, 0.3) is 0 Å². The first kappa shape index (κ1) is 9.69. The van der Waals surface area contributed by atoms with Crippen molar-refractivity contribution in [1.82, 2.24) is 5.32 Å². The summed E-state index contributed by atoms with van der Waals surface area (Å²) in [5.41, 5.74) is 0.821. The molecule has 2 heteroatoms. The molecule has 2 N–H and O–H groups in total. The maximum atomic E-state index is 9.78. The fraction of sp³-hybridized carbons (Fsp3) is 0.500. The Morgan fingerprint density at radius 2 is 2.14 bits per heavy atom. The van der Waals surface area contributed by atoms with Crippen LogP contribution >= 0.6 is 0 Å². The van der Waals surface area contributed by atoms with E-state index in [1.165, 1.54) is 5.56 Å². The molecule has 0 aliphatic carbocycles. The monoisotopic (exact) mass is 191 g/mol. The normalized spacial score (nSPS) is 32.0. The molecule has 1 aliphatic heterocycles. The van der Waals surface area contributed by atoms with E-state index >= 15 is 0 Å². The van der Waals surface area contributed by atoms with Crippen LogP contribution in [0, 0.1) is 0 Å². The summed E-state index contributed by atoms with van der Waals surface area (Å²) in [5.74, 6) is 0. The fourth-order valence-electron chi connectivity index (χ4n) is 2.08. The van der Waals surface area contributed by atoms with E-state index in [0.717, 1.165) is 12.8 Å². The molecule has 0 radical (unpaired) electrons. The smallest absolute Gasteiger partial charge is 0.0758 e. The molecule has 0 aromatic heterocycles. The van der Waals surface area contributed by atoms with Crippen LogP contribution in [0.2, 0.25) is 0 Å². The molecule has 14 heavy (non-hydrogen) atoms. The lowest BCUT2D eigenvalue weighted by Gasteiger charge is -2.14. The second-order valence-electron chi connectivity index (χ2n) is 4.47. The van der Waals surface area contributed by atoms with E-state index in [0.29, 0.717) is 12.6 Å². The van der Waals surface area contributed by atoms with Crippen molar-refractivity contribution >= 4 is 0 Å². The predicted octanol–water partition coefficient (Wildman–Crippen LogP) is 1.34. The Balaban J connectivity index is 1.94. The SMILES string of the molecule is CC1(O)CNC(Cc2ccccc2)C1. The molecular formula is C12H17NO. The summed E-state index contributed by atoms with van der Waals surface area (Å²) in [6.07, 6.45) is 1.86. The Bertz CT molecular complexity index is 294. The van der Waals surface area contributed by atoms with E-state index in [9.17, 15) is 5.11 Å². The lowest BCUT2D eigenvalue weighted by molar-refractivity contribution is 0.0792. The second kappa shape index (κ2) is 3.71. The van der Waals surface area contributed by atoms with Gasteiger partial charge in [-0.05, 0) is 25.3 Å². The standard InChI is InChI=1S/C12H17NO/c1-12(14)8-11(13-9-12)7-10-5-3-2-4-6-10/h2-6,11,13-14H,7-9H2,1H3. The molecule has 0 amide bonds. The molecule has 2 nitrogen and oxygen atoms in total. The summed E-state index contributed by atoms with van der Waals surface area (Å²) in [6.45, 7) is 2.61. The van der Waals surface area contributed by atoms with Crippen LogP contribution in [0.4, 0.5) is 0 Å². The van der Waals surface area contributed by atoms with Crippen LogP contribution in [0.15, 0.2) is 30.3 Å². The van der Waals surface area contributed by atoms with Crippen molar-refractivity contribution in [3.05, 3.63) is 35.9 Å². The first-order valence-electron chi connectivity index (χ1n) is 5.15. The van der Waals surface area contributed by atoms with Gasteiger partial charge in [0.05, 0.1) is 5.60 Å². The summed E-state index contributed by atoms with van der Waals surface area (Å²) in [5, 5.41) is 13.1. The van der Waals surface area contributed by atoms with E-state index in [4.69, 9.17) is 0 Å². The van der Waals surface area contributed by atoms with Gasteiger partial charge in [-0.2, -0.15) is 0 Å². The summed E-state index contributed by atoms with van der Waals surface area (Å²) in [4.78, 5) is 0. The molecular weight excluding hydrogens is 174 g/mol. The van der Waals surface area contributed by atoms with Gasteiger partial charge in [0, 0.05) is 12.6 Å².